The predicted octanol–water partition coefficient (Wildman–Crippen LogP) is -1.35. The van der Waals surface area contributed by atoms with Crippen LogP contribution in [0.15, 0.2) is 29.3 Å². The number of nitrogens with two attached hydrogens (primary N) is 3. The molecule has 2 aliphatic rings. The van der Waals surface area contributed by atoms with E-state index in [1.54, 1.807) is 32.9 Å². The van der Waals surface area contributed by atoms with Gasteiger partial charge in [0.15, 0.2) is 5.96 Å². The Balaban J connectivity index is 1.75. The van der Waals surface area contributed by atoms with Gasteiger partial charge in [-0.15, -0.1) is 0 Å². The Morgan fingerprint density at radius 2 is 1.45 bits per heavy atom. The smallest absolute Gasteiger partial charge is 0.326 e. The van der Waals surface area contributed by atoms with Gasteiger partial charge in [-0.05, 0) is 74.0 Å². The van der Waals surface area contributed by atoms with Gasteiger partial charge >= 0.3 is 11.9 Å². The van der Waals surface area contributed by atoms with Crippen molar-refractivity contribution >= 4 is 53.3 Å². The van der Waals surface area contributed by atoms with E-state index in [-0.39, 0.29) is 67.7 Å². The summed E-state index contributed by atoms with van der Waals surface area (Å²) in [7, 11) is 0. The summed E-state index contributed by atoms with van der Waals surface area (Å²) in [4.78, 5) is 109. The number of carbonyl (C=O) groups excluding carboxylic acids is 6. The lowest BCUT2D eigenvalue weighted by molar-refractivity contribution is -0.152. The highest BCUT2D eigenvalue weighted by atomic mass is 16.4. The Kier molecular flexibility index (Phi) is 19.4. The fourth-order valence-corrected chi connectivity index (χ4v) is 7.40. The number of hydrogen-bond donors (Lipinski definition) is 11. The minimum absolute atomic E-state index is 0.0171. The van der Waals surface area contributed by atoms with E-state index in [1.165, 1.54) is 17.0 Å². The molecule has 6 amide bonds. The molecule has 2 unspecified atom stereocenters. The van der Waals surface area contributed by atoms with Crippen molar-refractivity contribution in [3.05, 3.63) is 29.8 Å². The van der Waals surface area contributed by atoms with Gasteiger partial charge in [-0.1, -0.05) is 46.2 Å². The average molecular weight is 873 g/mol. The van der Waals surface area contributed by atoms with Crippen molar-refractivity contribution in [3.63, 3.8) is 0 Å². The Labute approximate surface area is 360 Å². The molecule has 1 aromatic carbocycles. The lowest BCUT2D eigenvalue weighted by Crippen LogP contribution is -2.61. The number of phenols is 1. The maximum Gasteiger partial charge on any atom is 0.326 e. The van der Waals surface area contributed by atoms with E-state index in [2.05, 4.69) is 31.6 Å². The predicted molar refractivity (Wildman–Crippen MR) is 226 cm³/mol. The van der Waals surface area contributed by atoms with Crippen LogP contribution in [0.5, 0.6) is 5.75 Å². The van der Waals surface area contributed by atoms with E-state index in [0.717, 1.165) is 0 Å². The highest BCUT2D eigenvalue weighted by Gasteiger charge is 2.42. The number of amides is 6. The molecule has 62 heavy (non-hydrogen) atoms. The highest BCUT2D eigenvalue weighted by Crippen LogP contribution is 2.36. The molecule has 1 saturated carbocycles. The number of aliphatic imine (C=N–C) groups is 1. The van der Waals surface area contributed by atoms with E-state index in [0.29, 0.717) is 44.2 Å². The van der Waals surface area contributed by atoms with Crippen molar-refractivity contribution in [2.45, 2.75) is 122 Å². The van der Waals surface area contributed by atoms with Gasteiger partial charge in [0.25, 0.3) is 0 Å². The van der Waals surface area contributed by atoms with Gasteiger partial charge in [0, 0.05) is 32.0 Å². The topological polar surface area (TPSA) is 351 Å². The van der Waals surface area contributed by atoms with Crippen LogP contribution in [0, 0.1) is 23.7 Å². The van der Waals surface area contributed by atoms with Crippen LogP contribution in [0.25, 0.3) is 0 Å². The third kappa shape index (κ3) is 15.2. The Hall–Kier alpha value is -5.99. The fourth-order valence-electron chi connectivity index (χ4n) is 7.40. The van der Waals surface area contributed by atoms with Crippen LogP contribution < -0.4 is 43.8 Å². The van der Waals surface area contributed by atoms with Gasteiger partial charge in [-0.25, -0.2) is 4.79 Å². The second-order valence-corrected chi connectivity index (χ2v) is 16.6. The van der Waals surface area contributed by atoms with Gasteiger partial charge in [-0.3, -0.25) is 38.6 Å². The van der Waals surface area contributed by atoms with Crippen molar-refractivity contribution in [3.8, 4) is 5.75 Å². The summed E-state index contributed by atoms with van der Waals surface area (Å²) in [6.45, 7) is 7.67. The van der Waals surface area contributed by atoms with Gasteiger partial charge in [0.1, 0.15) is 36.0 Å². The molecule has 21 nitrogen and oxygen atoms in total. The summed E-state index contributed by atoms with van der Waals surface area (Å²) < 4.78 is 0. The minimum atomic E-state index is -1.47. The summed E-state index contributed by atoms with van der Waals surface area (Å²) in [5, 5.41) is 42.0. The van der Waals surface area contributed by atoms with E-state index in [4.69, 9.17) is 22.3 Å². The van der Waals surface area contributed by atoms with Crippen LogP contribution in [0.2, 0.25) is 0 Å². The van der Waals surface area contributed by atoms with Crippen LogP contribution >= 0.6 is 0 Å². The summed E-state index contributed by atoms with van der Waals surface area (Å²) in [5.41, 5.74) is 17.1. The third-order valence-electron chi connectivity index (χ3n) is 11.3. The SMILES string of the molecule is CCC(C)[C@H](NC(=O)C(Cc1ccc(O)cc1)NC(=O)[C@@H](NC(=O)[C@H](CCCN=C(N)N)NC(=O)[C@@H](N)CC(=O)O)C(C)C)C(=O)NCC1CC(C(=O)N2CCC[C@H]2C(=O)O)C1. The number of benzene rings is 1. The first-order chi connectivity index (χ1) is 29.2. The minimum Gasteiger partial charge on any atom is -0.508 e. The number of guanidine groups is 1. The second-order valence-electron chi connectivity index (χ2n) is 16.6. The number of nitrogens with zero attached hydrogens (tertiary/aromatic N) is 2. The molecule has 1 heterocycles. The van der Waals surface area contributed by atoms with E-state index >= 15 is 0 Å². The molecule has 2 fully saturated rings. The van der Waals surface area contributed by atoms with Crippen LogP contribution in [0.3, 0.4) is 0 Å². The number of likely N-dealkylation sites (tertiary alicyclic amines) is 1. The van der Waals surface area contributed by atoms with Gasteiger partial charge < -0.3 is 64.0 Å². The van der Waals surface area contributed by atoms with Crippen molar-refractivity contribution < 1.29 is 53.7 Å². The molecular formula is C41H64N10O11. The van der Waals surface area contributed by atoms with Crippen LogP contribution in [0.1, 0.15) is 84.6 Å². The number of carboxylic acid groups (broad SMARTS) is 2. The summed E-state index contributed by atoms with van der Waals surface area (Å²) in [5.74, 6) is -7.65. The largest absolute Gasteiger partial charge is 0.508 e. The van der Waals surface area contributed by atoms with Crippen molar-refractivity contribution in [2.24, 2.45) is 45.9 Å². The second kappa shape index (κ2) is 23.9. The monoisotopic (exact) mass is 872 g/mol. The first-order valence-corrected chi connectivity index (χ1v) is 21.0. The zero-order valence-corrected chi connectivity index (χ0v) is 35.8. The molecule has 7 atom stereocenters. The molecule has 1 saturated heterocycles. The molecule has 1 aliphatic heterocycles. The van der Waals surface area contributed by atoms with Gasteiger partial charge in [0.05, 0.1) is 12.5 Å². The Bertz CT molecular complexity index is 1780. The molecule has 0 bridgehead atoms. The Morgan fingerprint density at radius 3 is 2.03 bits per heavy atom. The van der Waals surface area contributed by atoms with E-state index < -0.39 is 90.1 Å². The zero-order chi connectivity index (χ0) is 46.3. The van der Waals surface area contributed by atoms with Crippen molar-refractivity contribution in [2.75, 3.05) is 19.6 Å². The maximum absolute atomic E-state index is 14.1. The van der Waals surface area contributed by atoms with Gasteiger partial charge in [0.2, 0.25) is 35.4 Å². The fraction of sp³-hybridized carbons (Fsp3) is 0.634. The number of carboxylic acids is 2. The maximum atomic E-state index is 14.1. The first kappa shape index (κ1) is 50.4. The van der Waals surface area contributed by atoms with Crippen LogP contribution in [0.4, 0.5) is 0 Å². The molecule has 1 aromatic rings. The molecular weight excluding hydrogens is 809 g/mol. The molecule has 344 valence electrons. The number of aromatic hydroxyl groups is 1. The molecule has 0 radical (unpaired) electrons. The molecule has 0 aromatic heterocycles. The van der Waals surface area contributed by atoms with Crippen molar-refractivity contribution in [1.82, 2.24) is 31.5 Å². The van der Waals surface area contributed by atoms with Crippen LogP contribution in [-0.2, 0) is 44.8 Å². The van der Waals surface area contributed by atoms with Gasteiger partial charge in [-0.2, -0.15) is 0 Å². The quantitative estimate of drug-likeness (QED) is 0.0325. The third-order valence-corrected chi connectivity index (χ3v) is 11.3. The average Bonchev–Trinajstić information content (AvgIpc) is 3.69. The number of hydrogen-bond acceptors (Lipinski definition) is 11. The first-order valence-electron chi connectivity index (χ1n) is 21.0. The molecule has 3 rings (SSSR count). The zero-order valence-electron chi connectivity index (χ0n) is 35.8. The standard InChI is InChI=1S/C41H64N10O11/c1-5-22(4)33(37(58)46-20-24-16-25(17-24)39(60)51-15-7-9-30(51)40(61)62)50-36(57)29(18-23-10-12-26(52)13-11-23)48-38(59)32(21(2)3)49-35(56)28(8-6-14-45-41(43)44)47-34(55)27(42)19-31(53)54/h10-13,21-22,24-25,27-30,32-33,52H,5-9,14-20,42H2,1-4H3,(H,46,58)(H,47,55)(H,48,59)(H,49,56)(H,50,57)(H,53,54)(H,61,62)(H4,43,44,45)/t22?,24?,25?,27-,28-,29?,30-,32-,33-/m0/s1. The number of nitrogens with one attached hydrogen (secondary N) is 5. The van der Waals surface area contributed by atoms with E-state index in [9.17, 15) is 48.6 Å². The summed E-state index contributed by atoms with van der Waals surface area (Å²) in [6, 6.07) is -1.18. The van der Waals surface area contributed by atoms with Crippen molar-refractivity contribution in [1.29, 1.82) is 0 Å². The summed E-state index contributed by atoms with van der Waals surface area (Å²) >= 11 is 0. The summed E-state index contributed by atoms with van der Waals surface area (Å²) in [6.07, 6.45) is 1.94. The number of rotatable bonds is 24. The molecule has 1 aliphatic carbocycles. The lowest BCUT2D eigenvalue weighted by atomic mass is 9.74. The Morgan fingerprint density at radius 1 is 0.839 bits per heavy atom. The normalized spacial score (nSPS) is 19.9. The molecule has 0 spiro atoms. The van der Waals surface area contributed by atoms with Crippen LogP contribution in [-0.4, -0.2) is 129 Å². The number of aliphatic carboxylic acids is 2. The lowest BCUT2D eigenvalue weighted by Gasteiger charge is -2.38. The van der Waals surface area contributed by atoms with E-state index in [1.807, 2.05) is 6.92 Å². The number of phenolic OH excluding ortho intramolecular Hbond substituents is 1. The number of carbonyl (C=O) groups is 8. The molecule has 14 N–H and O–H groups in total. The molecule has 21 heteroatoms. The highest BCUT2D eigenvalue weighted by molar-refractivity contribution is 5.96.